The van der Waals surface area contributed by atoms with Gasteiger partial charge in [0.1, 0.15) is 0 Å². The average molecular weight is 616 g/mol. The molecule has 0 aliphatic rings. The number of nitrogens with two attached hydrogens (primary N) is 1. The number of carbonyl (C=O) groups excluding carboxylic acids is 1. The van der Waals surface area contributed by atoms with Crippen molar-refractivity contribution in [3.63, 3.8) is 0 Å². The molecule has 0 aliphatic carbocycles. The number of aromatic carboxylic acids is 2. The summed E-state index contributed by atoms with van der Waals surface area (Å²) in [5, 5.41) is 20.9. The Bertz CT molecular complexity index is 576. The molecule has 0 heterocycles. The van der Waals surface area contributed by atoms with Crippen LogP contribution in [-0.2, 0) is 4.79 Å². The maximum absolute atomic E-state index is 11.4. The lowest BCUT2D eigenvalue weighted by molar-refractivity contribution is -0.114. The fourth-order valence-corrected chi connectivity index (χ4v) is 5.70. The van der Waals surface area contributed by atoms with Crippen LogP contribution in [0.5, 0.6) is 0 Å². The molecular formula is C10H7I3N2O5. The van der Waals surface area contributed by atoms with E-state index in [-0.39, 0.29) is 34.1 Å². The van der Waals surface area contributed by atoms with Gasteiger partial charge in [0.25, 0.3) is 0 Å². The van der Waals surface area contributed by atoms with E-state index < -0.39 is 17.8 Å². The van der Waals surface area contributed by atoms with E-state index in [0.717, 1.165) is 0 Å². The monoisotopic (exact) mass is 616 g/mol. The number of amides is 1. The Balaban J connectivity index is 3.71. The summed E-state index contributed by atoms with van der Waals surface area (Å²) >= 11 is 5.19. The van der Waals surface area contributed by atoms with Crippen LogP contribution in [0.15, 0.2) is 0 Å². The smallest absolute Gasteiger partial charge is 0.337 e. The SMILES string of the molecule is NCC(=O)Nc1c(I)c(C(=O)O)c(I)c(C(=O)O)c1I. The molecule has 0 bridgehead atoms. The molecule has 0 saturated carbocycles. The summed E-state index contributed by atoms with van der Waals surface area (Å²) in [6, 6.07) is 0. The van der Waals surface area contributed by atoms with Crippen LogP contribution in [0.2, 0.25) is 0 Å². The molecular weight excluding hydrogens is 609 g/mol. The number of nitrogens with one attached hydrogen (secondary N) is 1. The van der Waals surface area contributed by atoms with Gasteiger partial charge in [-0.05, 0) is 67.8 Å². The topological polar surface area (TPSA) is 130 Å². The first-order chi connectivity index (χ1) is 9.22. The molecule has 0 aromatic heterocycles. The first-order valence-electron chi connectivity index (χ1n) is 4.89. The zero-order valence-electron chi connectivity index (χ0n) is 9.54. The fourth-order valence-electron chi connectivity index (χ4n) is 1.34. The predicted molar refractivity (Wildman–Crippen MR) is 96.2 cm³/mol. The highest BCUT2D eigenvalue weighted by Gasteiger charge is 2.27. The molecule has 0 saturated heterocycles. The summed E-state index contributed by atoms with van der Waals surface area (Å²) < 4.78 is 0.633. The molecule has 10 heteroatoms. The number of rotatable bonds is 4. The van der Waals surface area contributed by atoms with E-state index in [1.807, 2.05) is 0 Å². The molecule has 7 nitrogen and oxygen atoms in total. The van der Waals surface area contributed by atoms with Crippen LogP contribution in [0.4, 0.5) is 5.69 Å². The standard InChI is InChI=1S/C10H7I3N2O5/c11-5-3(9(17)18)6(12)8(15-2(16)1-14)7(13)4(5)10(19)20/h1,14H2,(H,15,16)(H,17,18)(H,19,20). The van der Waals surface area contributed by atoms with Crippen molar-refractivity contribution in [2.24, 2.45) is 5.73 Å². The molecule has 1 aromatic carbocycles. The lowest BCUT2D eigenvalue weighted by atomic mass is 10.1. The minimum atomic E-state index is -1.26. The van der Waals surface area contributed by atoms with E-state index in [1.165, 1.54) is 0 Å². The number of carbonyl (C=O) groups is 3. The highest BCUT2D eigenvalue weighted by atomic mass is 127. The van der Waals surface area contributed by atoms with E-state index in [2.05, 4.69) is 5.32 Å². The number of hydrogen-bond acceptors (Lipinski definition) is 4. The van der Waals surface area contributed by atoms with Gasteiger partial charge in [0.15, 0.2) is 0 Å². The number of benzene rings is 1. The summed E-state index contributed by atoms with van der Waals surface area (Å²) in [5.41, 5.74) is 5.03. The van der Waals surface area contributed by atoms with Crippen LogP contribution in [0.1, 0.15) is 20.7 Å². The van der Waals surface area contributed by atoms with Gasteiger partial charge in [-0.3, -0.25) is 4.79 Å². The summed E-state index contributed by atoms with van der Waals surface area (Å²) in [6.45, 7) is -0.289. The van der Waals surface area contributed by atoms with Gasteiger partial charge in [-0.1, -0.05) is 0 Å². The molecule has 0 atom stereocenters. The van der Waals surface area contributed by atoms with Gasteiger partial charge in [-0.25, -0.2) is 9.59 Å². The maximum Gasteiger partial charge on any atom is 0.337 e. The Labute approximate surface area is 154 Å². The zero-order valence-corrected chi connectivity index (χ0v) is 16.0. The normalized spacial score (nSPS) is 10.2. The van der Waals surface area contributed by atoms with E-state index in [4.69, 9.17) is 5.73 Å². The number of halogens is 3. The summed E-state index contributed by atoms with van der Waals surface area (Å²) in [7, 11) is 0. The van der Waals surface area contributed by atoms with Gasteiger partial charge in [0.2, 0.25) is 5.91 Å². The highest BCUT2D eigenvalue weighted by Crippen LogP contribution is 2.35. The Kier molecular flexibility index (Phi) is 6.39. The van der Waals surface area contributed by atoms with Crippen molar-refractivity contribution >= 4 is 91.3 Å². The van der Waals surface area contributed by atoms with E-state index >= 15 is 0 Å². The molecule has 0 aliphatic heterocycles. The third-order valence-electron chi connectivity index (χ3n) is 2.19. The van der Waals surface area contributed by atoms with Gasteiger partial charge >= 0.3 is 11.9 Å². The molecule has 1 rings (SSSR count). The first kappa shape index (κ1) is 17.8. The van der Waals surface area contributed by atoms with Crippen LogP contribution in [0, 0.1) is 10.7 Å². The number of carboxylic acid groups (broad SMARTS) is 2. The second-order valence-electron chi connectivity index (χ2n) is 3.43. The molecule has 20 heavy (non-hydrogen) atoms. The zero-order chi connectivity index (χ0) is 15.6. The van der Waals surface area contributed by atoms with Crippen molar-refractivity contribution in [2.75, 3.05) is 11.9 Å². The molecule has 0 fully saturated rings. The molecule has 1 amide bonds. The third-order valence-corrected chi connectivity index (χ3v) is 5.43. The minimum Gasteiger partial charge on any atom is -0.478 e. The van der Waals surface area contributed by atoms with Crippen molar-refractivity contribution in [3.05, 3.63) is 21.8 Å². The summed E-state index contributed by atoms with van der Waals surface area (Å²) in [6.07, 6.45) is 0. The van der Waals surface area contributed by atoms with Crippen LogP contribution in [0.3, 0.4) is 0 Å². The third kappa shape index (κ3) is 3.51. The average Bonchev–Trinajstić information content (AvgIpc) is 2.33. The molecule has 0 spiro atoms. The maximum atomic E-state index is 11.4. The summed E-state index contributed by atoms with van der Waals surface area (Å²) in [5.74, 6) is -3.06. The minimum absolute atomic E-state index is 0.113. The van der Waals surface area contributed by atoms with Crippen LogP contribution >= 0.6 is 67.8 Å². The van der Waals surface area contributed by atoms with Crippen molar-refractivity contribution in [3.8, 4) is 0 Å². The van der Waals surface area contributed by atoms with Gasteiger partial charge in [0, 0.05) is 3.57 Å². The molecule has 1 aromatic rings. The first-order valence-corrected chi connectivity index (χ1v) is 8.12. The lowest BCUT2D eigenvalue weighted by Crippen LogP contribution is -2.25. The van der Waals surface area contributed by atoms with E-state index in [1.54, 1.807) is 67.8 Å². The van der Waals surface area contributed by atoms with Crippen LogP contribution in [0.25, 0.3) is 0 Å². The van der Waals surface area contributed by atoms with E-state index in [9.17, 15) is 24.6 Å². The molecule has 0 radical (unpaired) electrons. The number of anilines is 1. The number of hydrogen-bond donors (Lipinski definition) is 4. The Hall–Kier alpha value is -0.220. The van der Waals surface area contributed by atoms with Crippen molar-refractivity contribution in [2.45, 2.75) is 0 Å². The number of carboxylic acids is 2. The van der Waals surface area contributed by atoms with Crippen molar-refractivity contribution < 1.29 is 24.6 Å². The predicted octanol–water partition coefficient (Wildman–Crippen LogP) is 1.79. The van der Waals surface area contributed by atoms with Crippen molar-refractivity contribution in [1.82, 2.24) is 0 Å². The Morgan fingerprint density at radius 3 is 1.65 bits per heavy atom. The Morgan fingerprint density at radius 2 is 1.35 bits per heavy atom. The quantitative estimate of drug-likeness (QED) is 0.383. The molecule has 0 unspecified atom stereocenters. The summed E-state index contributed by atoms with van der Waals surface area (Å²) in [4.78, 5) is 34.0. The van der Waals surface area contributed by atoms with Gasteiger partial charge < -0.3 is 21.3 Å². The lowest BCUT2D eigenvalue weighted by Gasteiger charge is -2.16. The molecule has 108 valence electrons. The fraction of sp³-hybridized carbons (Fsp3) is 0.100. The molecule has 5 N–H and O–H groups in total. The van der Waals surface area contributed by atoms with Crippen LogP contribution < -0.4 is 11.1 Å². The van der Waals surface area contributed by atoms with Crippen LogP contribution in [-0.4, -0.2) is 34.6 Å². The largest absolute Gasteiger partial charge is 0.478 e. The van der Waals surface area contributed by atoms with Gasteiger partial charge in [0.05, 0.1) is 30.5 Å². The second-order valence-corrected chi connectivity index (χ2v) is 6.67. The highest BCUT2D eigenvalue weighted by molar-refractivity contribution is 14.1. The van der Waals surface area contributed by atoms with E-state index in [0.29, 0.717) is 0 Å². The van der Waals surface area contributed by atoms with Crippen molar-refractivity contribution in [1.29, 1.82) is 0 Å². The second kappa shape index (κ2) is 7.17. The van der Waals surface area contributed by atoms with Gasteiger partial charge in [-0.15, -0.1) is 0 Å². The van der Waals surface area contributed by atoms with Gasteiger partial charge in [-0.2, -0.15) is 0 Å². The Morgan fingerprint density at radius 1 is 0.950 bits per heavy atom.